The summed E-state index contributed by atoms with van der Waals surface area (Å²) in [6.07, 6.45) is 7.12. The van der Waals surface area contributed by atoms with E-state index in [1.54, 1.807) is 20.0 Å². The van der Waals surface area contributed by atoms with Gasteiger partial charge >= 0.3 is 6.36 Å². The normalized spacial score (nSPS) is 13.5. The molecule has 1 N–H and O–H groups in total. The summed E-state index contributed by atoms with van der Waals surface area (Å²) >= 11 is 0. The molecule has 0 amide bonds. The Labute approximate surface area is 232 Å². The highest BCUT2D eigenvalue weighted by atomic mass is 19.4. The predicted octanol–water partition coefficient (Wildman–Crippen LogP) is 7.87. The molecule has 0 bridgehead atoms. The Balaban J connectivity index is 0.000000703. The Bertz CT molecular complexity index is 1010. The highest BCUT2D eigenvalue weighted by Gasteiger charge is 2.32. The van der Waals surface area contributed by atoms with Crippen molar-refractivity contribution in [3.05, 3.63) is 78.4 Å². The molecule has 0 unspecified atom stereocenters. The molecule has 0 saturated heterocycles. The molecule has 1 aliphatic heterocycles. The maximum atomic E-state index is 11.4. The topological polar surface area (TPSA) is 58.5 Å². The molecule has 1 aromatic carbocycles. The zero-order valence-electron chi connectivity index (χ0n) is 24.6. The van der Waals surface area contributed by atoms with Crippen LogP contribution in [0.4, 0.5) is 13.2 Å². The first-order valence-electron chi connectivity index (χ1n) is 13.0. The number of guanidine groups is 1. The van der Waals surface area contributed by atoms with E-state index in [-0.39, 0.29) is 11.7 Å². The number of benzene rings is 1. The van der Waals surface area contributed by atoms with Crippen LogP contribution >= 0.6 is 0 Å². The second-order valence-electron chi connectivity index (χ2n) is 8.85. The molecule has 2 rings (SSSR count). The van der Waals surface area contributed by atoms with E-state index in [0.717, 1.165) is 42.1 Å². The van der Waals surface area contributed by atoms with Gasteiger partial charge in [-0.05, 0) is 53.4 Å². The number of hydrogen-bond donors (Lipinski definition) is 1. The lowest BCUT2D eigenvalue weighted by Crippen LogP contribution is -2.21. The minimum atomic E-state index is -4.60. The van der Waals surface area contributed by atoms with Crippen LogP contribution < -0.4 is 10.1 Å². The average molecular weight is 551 g/mol. The summed E-state index contributed by atoms with van der Waals surface area (Å²) in [6, 6.07) is 8.03. The summed E-state index contributed by atoms with van der Waals surface area (Å²) in [7, 11) is 4.11. The van der Waals surface area contributed by atoms with Crippen LogP contribution in [-0.4, -0.2) is 50.2 Å². The second-order valence-corrected chi connectivity index (χ2v) is 8.85. The van der Waals surface area contributed by atoms with E-state index >= 15 is 0 Å². The lowest BCUT2D eigenvalue weighted by molar-refractivity contribution is -0.308. The highest BCUT2D eigenvalue weighted by molar-refractivity contribution is 6.08. The lowest BCUT2D eigenvalue weighted by Gasteiger charge is -2.13. The van der Waals surface area contributed by atoms with Gasteiger partial charge in [0.25, 0.3) is 0 Å². The molecule has 39 heavy (non-hydrogen) atoms. The minimum absolute atomic E-state index is 0.257. The summed E-state index contributed by atoms with van der Waals surface area (Å²) in [5.41, 5.74) is 3.15. The Morgan fingerprint density at radius 1 is 1.21 bits per heavy atom. The predicted molar refractivity (Wildman–Crippen MR) is 157 cm³/mol. The Morgan fingerprint density at radius 2 is 1.90 bits per heavy atom. The zero-order chi connectivity index (χ0) is 29.8. The van der Waals surface area contributed by atoms with Crippen LogP contribution in [0.1, 0.15) is 59.9 Å². The van der Waals surface area contributed by atoms with Crippen molar-refractivity contribution >= 4 is 11.7 Å². The molecule has 0 saturated carbocycles. The van der Waals surface area contributed by atoms with Crippen LogP contribution in [0.15, 0.2) is 82.8 Å². The second kappa shape index (κ2) is 19.7. The molecular formula is C30H45F3N4O2. The summed E-state index contributed by atoms with van der Waals surface area (Å²) < 4.78 is 43.2. The molecular weight excluding hydrogens is 505 g/mol. The van der Waals surface area contributed by atoms with E-state index in [0.29, 0.717) is 12.6 Å². The molecule has 0 aliphatic carbocycles. The quantitative estimate of drug-likeness (QED) is 0.251. The van der Waals surface area contributed by atoms with Crippen LogP contribution in [0.25, 0.3) is 0 Å². The van der Waals surface area contributed by atoms with Crippen LogP contribution in [0.5, 0.6) is 5.75 Å². The maximum Gasteiger partial charge on any atom is 0.572 e. The van der Waals surface area contributed by atoms with E-state index in [2.05, 4.69) is 70.8 Å². The first kappa shape index (κ1) is 35.7. The minimum Gasteiger partial charge on any atom is -0.494 e. The number of rotatable bonds is 9. The van der Waals surface area contributed by atoms with Crippen LogP contribution in [0.2, 0.25) is 0 Å². The van der Waals surface area contributed by atoms with Crippen molar-refractivity contribution in [1.29, 1.82) is 0 Å². The molecule has 218 valence electrons. The SMILES string of the molecule is C/C=C(\CC)NC1=NC=CCC(c2cccc(OCC)c2)=N1.C/C=C/CN(C)C.C=C(OC(F)(F)F)C(C)C. The third-order valence-corrected chi connectivity index (χ3v) is 4.93. The van der Waals surface area contributed by atoms with Crippen LogP contribution in [-0.2, 0) is 4.74 Å². The number of aliphatic imine (C=N–C) groups is 2. The van der Waals surface area contributed by atoms with Gasteiger partial charge in [-0.1, -0.05) is 63.8 Å². The number of halogens is 3. The van der Waals surface area contributed by atoms with Crippen molar-refractivity contribution in [3.8, 4) is 5.75 Å². The zero-order valence-corrected chi connectivity index (χ0v) is 24.6. The van der Waals surface area contributed by atoms with E-state index in [9.17, 15) is 13.2 Å². The molecule has 0 aromatic heterocycles. The lowest BCUT2D eigenvalue weighted by atomic mass is 10.1. The number of hydrogen-bond acceptors (Lipinski definition) is 6. The summed E-state index contributed by atoms with van der Waals surface area (Å²) in [6.45, 7) is 16.1. The van der Waals surface area contributed by atoms with Crippen molar-refractivity contribution < 1.29 is 22.6 Å². The van der Waals surface area contributed by atoms with Gasteiger partial charge in [0.15, 0.2) is 0 Å². The fourth-order valence-electron chi connectivity index (χ4n) is 2.76. The Kier molecular flexibility index (Phi) is 18.0. The molecule has 6 nitrogen and oxygen atoms in total. The van der Waals surface area contributed by atoms with Crippen molar-refractivity contribution in [3.63, 3.8) is 0 Å². The van der Waals surface area contributed by atoms with E-state index in [4.69, 9.17) is 4.74 Å². The van der Waals surface area contributed by atoms with Crippen LogP contribution in [0, 0.1) is 5.92 Å². The van der Waals surface area contributed by atoms with Gasteiger partial charge in [0, 0.05) is 36.3 Å². The number of likely N-dealkylation sites (N-methyl/N-ethyl adjacent to an activating group) is 1. The van der Waals surface area contributed by atoms with Crippen molar-refractivity contribution in [2.75, 3.05) is 27.2 Å². The van der Waals surface area contributed by atoms with Crippen LogP contribution in [0.3, 0.4) is 0 Å². The van der Waals surface area contributed by atoms with Gasteiger partial charge in [-0.2, -0.15) is 0 Å². The average Bonchev–Trinajstić information content (AvgIpc) is 3.12. The molecule has 0 fully saturated rings. The number of nitrogens with one attached hydrogen (secondary N) is 1. The smallest absolute Gasteiger partial charge is 0.494 e. The third kappa shape index (κ3) is 17.7. The van der Waals surface area contributed by atoms with Gasteiger partial charge in [0.1, 0.15) is 11.5 Å². The van der Waals surface area contributed by atoms with Gasteiger partial charge in [-0.25, -0.2) is 9.98 Å². The molecule has 1 heterocycles. The molecule has 9 heteroatoms. The molecule has 1 aromatic rings. The monoisotopic (exact) mass is 550 g/mol. The standard InChI is InChI=1S/C18H23N3O.C6H9F3O.C6H13N/c1-4-15(5-2)20-18-19-12-8-11-17(21-18)14-9-7-10-16(13-14)22-6-3;1-4(2)5(3)10-6(7,8)9;1-4-5-6-7(2)3/h4,7-10,12-13H,5-6,11H2,1-3H3,(H,19,20);4H,3H2,1-2H3;4-5H,6H2,1-3H3/b15-4+;;5-4+. The molecule has 0 spiro atoms. The largest absolute Gasteiger partial charge is 0.572 e. The first-order chi connectivity index (χ1) is 18.4. The van der Waals surface area contributed by atoms with E-state index in [1.165, 1.54) is 0 Å². The summed E-state index contributed by atoms with van der Waals surface area (Å²) in [5, 5.41) is 3.28. The van der Waals surface area contributed by atoms with Gasteiger partial charge in [0.2, 0.25) is 5.96 Å². The molecule has 1 aliphatic rings. The number of alkyl halides is 3. The molecule has 0 atom stereocenters. The Hall–Kier alpha value is -3.33. The summed E-state index contributed by atoms with van der Waals surface area (Å²) in [5.74, 6) is 0.930. The Morgan fingerprint density at radius 3 is 2.36 bits per heavy atom. The first-order valence-corrected chi connectivity index (χ1v) is 13.0. The van der Waals surface area contributed by atoms with Crippen molar-refractivity contribution in [2.45, 2.75) is 60.7 Å². The van der Waals surface area contributed by atoms with Gasteiger partial charge in [0.05, 0.1) is 12.3 Å². The fourth-order valence-corrected chi connectivity index (χ4v) is 2.76. The third-order valence-electron chi connectivity index (χ3n) is 4.93. The van der Waals surface area contributed by atoms with Gasteiger partial charge < -0.3 is 19.7 Å². The van der Waals surface area contributed by atoms with Gasteiger partial charge in [-0.15, -0.1) is 13.2 Å². The van der Waals surface area contributed by atoms with Gasteiger partial charge in [-0.3, -0.25) is 0 Å². The van der Waals surface area contributed by atoms with E-state index < -0.39 is 6.36 Å². The number of allylic oxidation sites excluding steroid dienone is 5. The van der Waals surface area contributed by atoms with Crippen molar-refractivity contribution in [1.82, 2.24) is 10.2 Å². The van der Waals surface area contributed by atoms with Crippen molar-refractivity contribution in [2.24, 2.45) is 15.9 Å². The summed E-state index contributed by atoms with van der Waals surface area (Å²) in [4.78, 5) is 11.2. The number of ether oxygens (including phenoxy) is 2. The maximum absolute atomic E-state index is 11.4. The fraction of sp³-hybridized carbons (Fsp3) is 0.467. The highest BCUT2D eigenvalue weighted by Crippen LogP contribution is 2.23. The van der Waals surface area contributed by atoms with E-state index in [1.807, 2.05) is 51.1 Å². The number of nitrogens with zero attached hydrogens (tertiary/aromatic N) is 3. The molecule has 0 radical (unpaired) electrons.